The van der Waals surface area contributed by atoms with Gasteiger partial charge in [0.2, 0.25) is 0 Å². The van der Waals surface area contributed by atoms with Crippen molar-refractivity contribution >= 4 is 17.5 Å². The molecule has 2 N–H and O–H groups in total. The summed E-state index contributed by atoms with van der Waals surface area (Å²) in [5.74, 6) is -0.983. The summed E-state index contributed by atoms with van der Waals surface area (Å²) in [4.78, 5) is 24.8. The molecule has 0 saturated heterocycles. The first-order chi connectivity index (χ1) is 16.6. The topological polar surface area (TPSA) is 89.2 Å². The molecule has 0 atom stereocenters. The van der Waals surface area contributed by atoms with Crippen molar-refractivity contribution in [3.05, 3.63) is 101 Å². The maximum Gasteiger partial charge on any atom is 0.416 e. The minimum Gasteiger partial charge on any atom is -0.459 e. The van der Waals surface area contributed by atoms with Gasteiger partial charge in [-0.3, -0.25) is 9.59 Å². The summed E-state index contributed by atoms with van der Waals surface area (Å²) in [5.41, 5.74) is 1.24. The molecule has 180 valence electrons. The predicted octanol–water partition coefficient (Wildman–Crippen LogP) is 5.28. The maximum absolute atomic E-state index is 13.8. The van der Waals surface area contributed by atoms with Crippen molar-refractivity contribution in [3.8, 4) is 5.69 Å². The van der Waals surface area contributed by atoms with Crippen LogP contribution in [0.1, 0.15) is 43.4 Å². The van der Waals surface area contributed by atoms with E-state index in [9.17, 15) is 22.8 Å². The number of benzene rings is 2. The Balaban J connectivity index is 1.50. The second-order valence-electron chi connectivity index (χ2n) is 7.87. The molecule has 4 rings (SSSR count). The van der Waals surface area contributed by atoms with E-state index in [1.54, 1.807) is 38.1 Å². The zero-order valence-corrected chi connectivity index (χ0v) is 18.8. The number of carbonyl (C=O) groups is 2. The van der Waals surface area contributed by atoms with Crippen LogP contribution in [0.2, 0.25) is 0 Å². The number of halogens is 3. The molecule has 0 unspecified atom stereocenters. The van der Waals surface area contributed by atoms with E-state index in [2.05, 4.69) is 15.7 Å². The van der Waals surface area contributed by atoms with Gasteiger partial charge in [0.25, 0.3) is 11.8 Å². The number of carbonyl (C=O) groups excluding carboxylic acids is 2. The fraction of sp³-hybridized carbons (Fsp3) is 0.160. The summed E-state index contributed by atoms with van der Waals surface area (Å²) in [6, 6.07) is 14.8. The Kier molecular flexibility index (Phi) is 6.46. The van der Waals surface area contributed by atoms with E-state index in [0.717, 1.165) is 6.07 Å². The molecule has 2 aromatic heterocycles. The number of hydrogen-bond acceptors (Lipinski definition) is 4. The third kappa shape index (κ3) is 5.43. The number of nitrogens with one attached hydrogen (secondary N) is 2. The highest BCUT2D eigenvalue weighted by Crippen LogP contribution is 2.33. The lowest BCUT2D eigenvalue weighted by molar-refractivity contribution is -0.138. The van der Waals surface area contributed by atoms with Crippen molar-refractivity contribution in [1.29, 1.82) is 0 Å². The van der Waals surface area contributed by atoms with E-state index in [0.29, 0.717) is 17.1 Å². The standard InChI is InChI=1S/C25H21F3N4O3/c1-15-11-16(2)32(31-15)20-9-8-18(21(13-20)25(26,27)28)14-29-23(33)17-5-3-6-19(12-17)30-24(34)22-7-4-10-35-22/h3-13H,14H2,1-2H3,(H,29,33)(H,30,34). The first-order valence-electron chi connectivity index (χ1n) is 10.6. The van der Waals surface area contributed by atoms with E-state index >= 15 is 0 Å². The highest BCUT2D eigenvalue weighted by Gasteiger charge is 2.34. The van der Waals surface area contributed by atoms with E-state index < -0.39 is 23.6 Å². The third-order valence-corrected chi connectivity index (χ3v) is 5.22. The van der Waals surface area contributed by atoms with Gasteiger partial charge in [0.05, 0.1) is 23.2 Å². The van der Waals surface area contributed by atoms with Gasteiger partial charge in [-0.05, 0) is 67.9 Å². The number of aromatic nitrogens is 2. The van der Waals surface area contributed by atoms with Crippen molar-refractivity contribution in [2.24, 2.45) is 0 Å². The molecule has 35 heavy (non-hydrogen) atoms. The number of alkyl halides is 3. The molecule has 2 amide bonds. The molecule has 10 heteroatoms. The number of anilines is 1. The summed E-state index contributed by atoms with van der Waals surface area (Å²) in [7, 11) is 0. The van der Waals surface area contributed by atoms with Gasteiger partial charge in [-0.15, -0.1) is 0 Å². The van der Waals surface area contributed by atoms with Crippen molar-refractivity contribution in [1.82, 2.24) is 15.1 Å². The summed E-state index contributed by atoms with van der Waals surface area (Å²) in [5, 5.41) is 9.35. The van der Waals surface area contributed by atoms with Crippen molar-refractivity contribution < 1.29 is 27.2 Å². The molecule has 2 heterocycles. The number of amides is 2. The van der Waals surface area contributed by atoms with Crippen LogP contribution in [0.25, 0.3) is 5.69 Å². The fourth-order valence-corrected chi connectivity index (χ4v) is 3.62. The van der Waals surface area contributed by atoms with Gasteiger partial charge in [-0.25, -0.2) is 4.68 Å². The van der Waals surface area contributed by atoms with Gasteiger partial charge in [-0.2, -0.15) is 18.3 Å². The summed E-state index contributed by atoms with van der Waals surface area (Å²) >= 11 is 0. The molecule has 4 aromatic rings. The number of nitrogens with zero attached hydrogens (tertiary/aromatic N) is 2. The van der Waals surface area contributed by atoms with E-state index in [4.69, 9.17) is 4.42 Å². The molecular formula is C25H21F3N4O3. The largest absolute Gasteiger partial charge is 0.459 e. The lowest BCUT2D eigenvalue weighted by Gasteiger charge is -2.16. The molecular weight excluding hydrogens is 461 g/mol. The third-order valence-electron chi connectivity index (χ3n) is 5.22. The van der Waals surface area contributed by atoms with Crippen molar-refractivity contribution in [2.75, 3.05) is 5.32 Å². The lowest BCUT2D eigenvalue weighted by atomic mass is 10.1. The maximum atomic E-state index is 13.8. The van der Waals surface area contributed by atoms with Crippen molar-refractivity contribution in [3.63, 3.8) is 0 Å². The molecule has 7 nitrogen and oxygen atoms in total. The van der Waals surface area contributed by atoms with Gasteiger partial charge in [0.1, 0.15) is 0 Å². The summed E-state index contributed by atoms with van der Waals surface area (Å²) in [6.45, 7) is 3.18. The van der Waals surface area contributed by atoms with E-state index in [1.165, 1.54) is 41.3 Å². The van der Waals surface area contributed by atoms with Crippen LogP contribution >= 0.6 is 0 Å². The number of aryl methyl sites for hydroxylation is 2. The number of furan rings is 1. The highest BCUT2D eigenvalue weighted by atomic mass is 19.4. The molecule has 0 spiro atoms. The van der Waals surface area contributed by atoms with E-state index in [-0.39, 0.29) is 29.1 Å². The zero-order chi connectivity index (χ0) is 25.2. The summed E-state index contributed by atoms with van der Waals surface area (Å²) < 4.78 is 47.9. The fourth-order valence-electron chi connectivity index (χ4n) is 3.62. The van der Waals surface area contributed by atoms with Crippen LogP contribution in [0.3, 0.4) is 0 Å². The van der Waals surface area contributed by atoms with Crippen LogP contribution in [-0.2, 0) is 12.7 Å². The SMILES string of the molecule is Cc1cc(C)n(-c2ccc(CNC(=O)c3cccc(NC(=O)c4ccco4)c3)c(C(F)(F)F)c2)n1. The Labute approximate surface area is 198 Å². The second-order valence-corrected chi connectivity index (χ2v) is 7.87. The molecule has 2 aromatic carbocycles. The number of rotatable bonds is 6. The van der Waals surface area contributed by atoms with Crippen molar-refractivity contribution in [2.45, 2.75) is 26.6 Å². The molecule has 0 radical (unpaired) electrons. The lowest BCUT2D eigenvalue weighted by Crippen LogP contribution is -2.25. The average Bonchev–Trinajstić information content (AvgIpc) is 3.46. The first kappa shape index (κ1) is 23.8. The first-order valence-corrected chi connectivity index (χ1v) is 10.6. The Morgan fingerprint density at radius 3 is 2.46 bits per heavy atom. The van der Waals surface area contributed by atoms with Crippen LogP contribution in [-0.4, -0.2) is 21.6 Å². The van der Waals surface area contributed by atoms with Gasteiger partial charge in [-0.1, -0.05) is 12.1 Å². The quantitative estimate of drug-likeness (QED) is 0.391. The van der Waals surface area contributed by atoms with Gasteiger partial charge >= 0.3 is 6.18 Å². The molecule has 0 bridgehead atoms. The Hall–Kier alpha value is -4.34. The summed E-state index contributed by atoms with van der Waals surface area (Å²) in [6.07, 6.45) is -3.26. The average molecular weight is 482 g/mol. The minimum atomic E-state index is -4.62. The van der Waals surface area contributed by atoms with Gasteiger partial charge < -0.3 is 15.1 Å². The molecule has 0 aliphatic heterocycles. The van der Waals surface area contributed by atoms with Crippen LogP contribution < -0.4 is 10.6 Å². The van der Waals surface area contributed by atoms with E-state index in [1.807, 2.05) is 0 Å². The molecule has 0 saturated carbocycles. The Bertz CT molecular complexity index is 1380. The zero-order valence-electron chi connectivity index (χ0n) is 18.8. The van der Waals surface area contributed by atoms with Crippen LogP contribution in [0.4, 0.5) is 18.9 Å². The predicted molar refractivity (Wildman–Crippen MR) is 122 cm³/mol. The smallest absolute Gasteiger partial charge is 0.416 e. The van der Waals surface area contributed by atoms with Gasteiger partial charge in [0.15, 0.2) is 5.76 Å². The Morgan fingerprint density at radius 1 is 1.00 bits per heavy atom. The molecule has 0 aliphatic rings. The highest BCUT2D eigenvalue weighted by molar-refractivity contribution is 6.03. The van der Waals surface area contributed by atoms with Crippen LogP contribution in [0.15, 0.2) is 71.3 Å². The Morgan fingerprint density at radius 2 is 1.80 bits per heavy atom. The van der Waals surface area contributed by atoms with Crippen LogP contribution in [0.5, 0.6) is 0 Å². The second kappa shape index (κ2) is 9.49. The van der Waals surface area contributed by atoms with Gasteiger partial charge in [0, 0.05) is 23.5 Å². The monoisotopic (exact) mass is 482 g/mol. The minimum absolute atomic E-state index is 0.0848. The molecule has 0 aliphatic carbocycles. The number of hydrogen-bond donors (Lipinski definition) is 2. The molecule has 0 fully saturated rings. The van der Waals surface area contributed by atoms with Crippen LogP contribution in [0, 0.1) is 13.8 Å². The normalized spacial score (nSPS) is 11.3.